The van der Waals surface area contributed by atoms with Gasteiger partial charge in [-0.2, -0.15) is 8.42 Å². The van der Waals surface area contributed by atoms with Gasteiger partial charge in [0.1, 0.15) is 0 Å². The second-order valence-electron chi connectivity index (χ2n) is 6.01. The summed E-state index contributed by atoms with van der Waals surface area (Å²) in [7, 11) is -2.29. The number of rotatable bonds is 4. The number of benzene rings is 1. The van der Waals surface area contributed by atoms with Gasteiger partial charge in [0.05, 0.1) is 4.90 Å². The number of fused-ring (bicyclic) bond motifs is 1. The van der Waals surface area contributed by atoms with Crippen LogP contribution < -0.4 is 0 Å². The number of hydrogen-bond acceptors (Lipinski definition) is 4. The third kappa shape index (κ3) is 4.05. The van der Waals surface area contributed by atoms with Crippen LogP contribution in [-0.4, -0.2) is 35.7 Å². The van der Waals surface area contributed by atoms with Crippen LogP contribution in [-0.2, 0) is 42.7 Å². The molecule has 6 nitrogen and oxygen atoms in total. The number of aryl methyl sites for hydroxylation is 3. The second kappa shape index (κ2) is 7.98. The molecular formula is C18H19N4O2SY-. The fraction of sp³-hybridized carbons (Fsp3) is 0.222. The van der Waals surface area contributed by atoms with Gasteiger partial charge in [-0.3, -0.25) is 5.10 Å². The first-order valence-electron chi connectivity index (χ1n) is 7.76. The van der Waals surface area contributed by atoms with Crippen LogP contribution in [0.2, 0.25) is 0 Å². The summed E-state index contributed by atoms with van der Waals surface area (Å²) in [4.78, 5) is 0.256. The molecule has 0 saturated carbocycles. The third-order valence-corrected chi connectivity index (χ3v) is 5.75. The fourth-order valence-corrected chi connectivity index (χ4v) is 3.74. The minimum Gasteiger partial charge on any atom is -0.306 e. The molecule has 3 rings (SSSR count). The molecule has 1 radical (unpaired) electrons. The molecular weight excluding hydrogens is 425 g/mol. The van der Waals surface area contributed by atoms with E-state index in [4.69, 9.17) is 0 Å². The molecule has 0 bridgehead atoms. The summed E-state index contributed by atoms with van der Waals surface area (Å²) in [6.07, 6.45) is 6.14. The molecule has 2 aromatic heterocycles. The fourth-order valence-electron chi connectivity index (χ4n) is 2.48. The van der Waals surface area contributed by atoms with E-state index in [2.05, 4.69) is 16.4 Å². The van der Waals surface area contributed by atoms with Crippen molar-refractivity contribution in [3.8, 4) is 0 Å². The number of aromatic nitrogens is 2. The van der Waals surface area contributed by atoms with Crippen molar-refractivity contribution in [1.29, 1.82) is 0 Å². The first-order valence-corrected chi connectivity index (χ1v) is 9.20. The Hall–Kier alpha value is -1.57. The molecule has 3 aromatic rings. The van der Waals surface area contributed by atoms with Gasteiger partial charge >= 0.3 is 0 Å². The number of sulfonamides is 1. The minimum atomic E-state index is -3.71. The Bertz CT molecular complexity index is 1070. The van der Waals surface area contributed by atoms with E-state index in [1.54, 1.807) is 23.6 Å². The van der Waals surface area contributed by atoms with E-state index in [-0.39, 0.29) is 37.6 Å². The normalized spacial score (nSPS) is 11.7. The van der Waals surface area contributed by atoms with E-state index in [1.165, 1.54) is 13.3 Å². The number of hydrogen-bond donors (Lipinski definition) is 0. The summed E-state index contributed by atoms with van der Waals surface area (Å²) >= 11 is 0. The number of hydrazone groups is 1. The summed E-state index contributed by atoms with van der Waals surface area (Å²) < 4.78 is 28.2. The predicted molar refractivity (Wildman–Crippen MR) is 97.2 cm³/mol. The topological polar surface area (TPSA) is 67.0 Å². The van der Waals surface area contributed by atoms with Crippen LogP contribution in [0.5, 0.6) is 0 Å². The maximum atomic E-state index is 12.8. The smallest absolute Gasteiger partial charge is 0.278 e. The number of nitrogens with zero attached hydrogens (tertiary/aromatic N) is 4. The zero-order valence-electron chi connectivity index (χ0n) is 15.1. The van der Waals surface area contributed by atoms with Crippen LogP contribution >= 0.6 is 0 Å². The van der Waals surface area contributed by atoms with Crippen LogP contribution in [0.3, 0.4) is 0 Å². The molecule has 0 aliphatic rings. The van der Waals surface area contributed by atoms with Crippen molar-refractivity contribution < 1.29 is 41.1 Å². The molecule has 0 N–H and O–H groups in total. The SMILES string of the molecule is Cc1ccc(C)c(S(=O)(=O)N(C)/N=C/c2[c-]nn3ccc(C)cc23)c1.[Y]. The average Bonchev–Trinajstić information content (AvgIpc) is 2.96. The molecule has 8 heteroatoms. The summed E-state index contributed by atoms with van der Waals surface area (Å²) in [5, 5.41) is 8.22. The molecule has 0 atom stereocenters. The molecule has 0 aliphatic carbocycles. The van der Waals surface area contributed by atoms with E-state index in [9.17, 15) is 8.42 Å². The van der Waals surface area contributed by atoms with E-state index in [1.807, 2.05) is 38.2 Å². The Kier molecular flexibility index (Phi) is 6.37. The zero-order chi connectivity index (χ0) is 18.2. The van der Waals surface area contributed by atoms with Crippen molar-refractivity contribution in [2.24, 2.45) is 5.10 Å². The number of pyridine rings is 1. The van der Waals surface area contributed by atoms with Crippen LogP contribution in [0.15, 0.2) is 46.5 Å². The molecule has 133 valence electrons. The Labute approximate surface area is 178 Å². The van der Waals surface area contributed by atoms with Crippen molar-refractivity contribution in [1.82, 2.24) is 14.0 Å². The Morgan fingerprint density at radius 1 is 1.15 bits per heavy atom. The predicted octanol–water partition coefficient (Wildman–Crippen LogP) is 2.71. The first-order chi connectivity index (χ1) is 11.8. The van der Waals surface area contributed by atoms with Crippen LogP contribution in [0.4, 0.5) is 0 Å². The second-order valence-corrected chi connectivity index (χ2v) is 7.93. The largest absolute Gasteiger partial charge is 0.306 e. The Morgan fingerprint density at radius 2 is 1.85 bits per heavy atom. The molecule has 0 saturated heterocycles. The van der Waals surface area contributed by atoms with E-state index in [0.29, 0.717) is 11.1 Å². The summed E-state index contributed by atoms with van der Waals surface area (Å²) in [6.45, 7) is 5.61. The minimum absolute atomic E-state index is 0. The van der Waals surface area contributed by atoms with Gasteiger partial charge in [-0.1, -0.05) is 30.0 Å². The molecule has 0 spiro atoms. The standard InChI is InChI=1S/C18H19N4O2S.Y/c1-13-5-6-15(3)18(10-13)25(23,24)21(4)19-11-16-12-20-22-8-7-14(2)9-17(16)22;/h5-11H,1-4H3;/q-1;/b19-11+;. The maximum Gasteiger partial charge on any atom is 0.278 e. The molecule has 0 amide bonds. The van der Waals surface area contributed by atoms with Gasteiger partial charge in [0.15, 0.2) is 0 Å². The van der Waals surface area contributed by atoms with E-state index >= 15 is 0 Å². The van der Waals surface area contributed by atoms with Gasteiger partial charge in [-0.05, 0) is 55.7 Å². The van der Waals surface area contributed by atoms with Gasteiger partial charge in [-0.25, -0.2) is 9.52 Å². The van der Waals surface area contributed by atoms with Crippen molar-refractivity contribution >= 4 is 21.8 Å². The van der Waals surface area contributed by atoms with Crippen molar-refractivity contribution in [2.45, 2.75) is 25.7 Å². The van der Waals surface area contributed by atoms with Gasteiger partial charge in [0.25, 0.3) is 10.0 Å². The molecule has 0 unspecified atom stereocenters. The Morgan fingerprint density at radius 3 is 2.58 bits per heavy atom. The molecule has 2 heterocycles. The molecule has 0 fully saturated rings. The quantitative estimate of drug-likeness (QED) is 0.353. The summed E-state index contributed by atoms with van der Waals surface area (Å²) in [6, 6.07) is 9.22. The van der Waals surface area contributed by atoms with Gasteiger partial charge in [-0.15, -0.1) is 5.56 Å². The average molecular weight is 444 g/mol. The molecule has 1 aromatic carbocycles. The van der Waals surface area contributed by atoms with Crippen molar-refractivity contribution in [2.75, 3.05) is 7.05 Å². The Balaban J connectivity index is 0.00000243. The van der Waals surface area contributed by atoms with Crippen LogP contribution in [0.1, 0.15) is 22.3 Å². The van der Waals surface area contributed by atoms with Crippen LogP contribution in [0.25, 0.3) is 5.52 Å². The maximum absolute atomic E-state index is 12.8. The molecule has 26 heavy (non-hydrogen) atoms. The van der Waals surface area contributed by atoms with E-state index < -0.39 is 10.0 Å². The van der Waals surface area contributed by atoms with Crippen LogP contribution in [0, 0.1) is 27.0 Å². The zero-order valence-corrected chi connectivity index (χ0v) is 18.8. The van der Waals surface area contributed by atoms with E-state index in [0.717, 1.165) is 21.1 Å². The third-order valence-electron chi connectivity index (χ3n) is 3.96. The van der Waals surface area contributed by atoms with Crippen molar-refractivity contribution in [3.05, 3.63) is 65.0 Å². The van der Waals surface area contributed by atoms with Gasteiger partial charge in [0, 0.05) is 46.0 Å². The van der Waals surface area contributed by atoms with Crippen molar-refractivity contribution in [3.63, 3.8) is 0 Å². The van der Waals surface area contributed by atoms with Gasteiger partial charge in [0.2, 0.25) is 0 Å². The summed E-state index contributed by atoms with van der Waals surface area (Å²) in [5.41, 5.74) is 4.10. The molecule has 0 aliphatic heterocycles. The summed E-state index contributed by atoms with van der Waals surface area (Å²) in [5.74, 6) is 0. The van der Waals surface area contributed by atoms with Gasteiger partial charge < -0.3 is 4.52 Å². The monoisotopic (exact) mass is 444 g/mol. The first kappa shape index (κ1) is 20.7.